The van der Waals surface area contributed by atoms with Gasteiger partial charge < -0.3 is 14.8 Å². The maximum Gasteiger partial charge on any atom is 0.417 e. The van der Waals surface area contributed by atoms with E-state index in [9.17, 15) is 18.0 Å². The quantitative estimate of drug-likeness (QED) is 0.531. The van der Waals surface area contributed by atoms with Gasteiger partial charge >= 0.3 is 6.18 Å². The van der Waals surface area contributed by atoms with E-state index in [1.54, 1.807) is 18.3 Å². The van der Waals surface area contributed by atoms with Crippen LogP contribution in [0.1, 0.15) is 47.6 Å². The van der Waals surface area contributed by atoms with Crippen LogP contribution in [-0.2, 0) is 12.7 Å². The second-order valence-electron chi connectivity index (χ2n) is 9.11. The Balaban J connectivity index is 1.55. The van der Waals surface area contributed by atoms with E-state index in [2.05, 4.69) is 41.0 Å². The number of halogens is 3. The molecule has 1 aromatic carbocycles. The molecule has 0 saturated carbocycles. The molecule has 1 aliphatic rings. The summed E-state index contributed by atoms with van der Waals surface area (Å²) in [5.74, 6) is 6.67. The first-order chi connectivity index (χ1) is 17.2. The lowest BCUT2D eigenvalue weighted by molar-refractivity contribution is -0.138. The number of alkyl halides is 3. The van der Waals surface area contributed by atoms with Crippen molar-refractivity contribution in [2.45, 2.75) is 33.0 Å². The van der Waals surface area contributed by atoms with Crippen LogP contribution in [0, 0.1) is 17.8 Å². The van der Waals surface area contributed by atoms with Crippen LogP contribution in [0.15, 0.2) is 48.9 Å². The predicted octanol–water partition coefficient (Wildman–Crippen LogP) is 4.46. The Kier molecular flexibility index (Phi) is 7.75. The zero-order valence-corrected chi connectivity index (χ0v) is 20.3. The number of hydrogen-bond acceptors (Lipinski definition) is 4. The summed E-state index contributed by atoms with van der Waals surface area (Å²) in [5, 5.41) is 3.09. The molecule has 2 aromatic heterocycles. The number of benzene rings is 1. The van der Waals surface area contributed by atoms with E-state index in [1.807, 2.05) is 10.8 Å². The number of carbonyl (C=O) groups is 1. The van der Waals surface area contributed by atoms with Gasteiger partial charge in [-0.25, -0.2) is 4.98 Å². The van der Waals surface area contributed by atoms with Gasteiger partial charge in [0.05, 0.1) is 16.8 Å². The molecule has 36 heavy (non-hydrogen) atoms. The topological polar surface area (TPSA) is 63.1 Å². The number of aryl methyl sites for hydroxylation is 1. The smallest absolute Gasteiger partial charge is 0.336 e. The highest BCUT2D eigenvalue weighted by molar-refractivity contribution is 5.96. The monoisotopic (exact) mass is 495 g/mol. The predicted molar refractivity (Wildman–Crippen MR) is 131 cm³/mol. The first-order valence-corrected chi connectivity index (χ1v) is 11.9. The number of hydrogen-bond donors (Lipinski definition) is 1. The molecule has 1 saturated heterocycles. The lowest BCUT2D eigenvalue weighted by Crippen LogP contribution is -2.46. The normalized spacial score (nSPS) is 14.0. The SMILES string of the molecule is CC(C)CCn1ccnc1C#Cc1ccc(-c2ccc(C(=O)N3CCNCC3)c(C(F)(F)F)c2)nc1. The molecule has 0 atom stereocenters. The molecule has 0 radical (unpaired) electrons. The van der Waals surface area contributed by atoms with Crippen molar-refractivity contribution in [3.8, 4) is 23.1 Å². The van der Waals surface area contributed by atoms with E-state index in [1.165, 1.54) is 23.2 Å². The highest BCUT2D eigenvalue weighted by atomic mass is 19.4. The molecule has 1 N–H and O–H groups in total. The minimum atomic E-state index is -4.67. The molecule has 6 nitrogen and oxygen atoms in total. The van der Waals surface area contributed by atoms with Gasteiger partial charge in [-0.3, -0.25) is 9.78 Å². The zero-order chi connectivity index (χ0) is 25.7. The third kappa shape index (κ3) is 6.13. The fraction of sp³-hybridized carbons (Fsp3) is 0.370. The van der Waals surface area contributed by atoms with Crippen molar-refractivity contribution in [3.63, 3.8) is 0 Å². The van der Waals surface area contributed by atoms with E-state index >= 15 is 0 Å². The number of piperazine rings is 1. The van der Waals surface area contributed by atoms with Crippen LogP contribution in [0.4, 0.5) is 13.2 Å². The molecule has 9 heteroatoms. The third-order valence-electron chi connectivity index (χ3n) is 6.00. The molecule has 188 valence electrons. The molecular weight excluding hydrogens is 467 g/mol. The second kappa shape index (κ2) is 11.0. The van der Waals surface area contributed by atoms with Gasteiger partial charge in [0.2, 0.25) is 0 Å². The van der Waals surface area contributed by atoms with Gasteiger partial charge in [-0.2, -0.15) is 13.2 Å². The molecule has 3 heterocycles. The molecule has 0 unspecified atom stereocenters. The number of aromatic nitrogens is 3. The van der Waals surface area contributed by atoms with Crippen LogP contribution < -0.4 is 5.32 Å². The lowest BCUT2D eigenvalue weighted by atomic mass is 10.00. The van der Waals surface area contributed by atoms with E-state index in [4.69, 9.17) is 0 Å². The van der Waals surface area contributed by atoms with Crippen LogP contribution in [0.3, 0.4) is 0 Å². The van der Waals surface area contributed by atoms with Crippen LogP contribution in [0.2, 0.25) is 0 Å². The number of nitrogens with zero attached hydrogens (tertiary/aromatic N) is 4. The average molecular weight is 496 g/mol. The Morgan fingerprint density at radius 1 is 1.11 bits per heavy atom. The minimum absolute atomic E-state index is 0.280. The van der Waals surface area contributed by atoms with E-state index in [0.717, 1.165) is 19.0 Å². The summed E-state index contributed by atoms with van der Waals surface area (Å²) in [5.41, 5.74) is -0.0293. The third-order valence-corrected chi connectivity index (χ3v) is 6.00. The fourth-order valence-electron chi connectivity index (χ4n) is 3.94. The Morgan fingerprint density at radius 2 is 1.89 bits per heavy atom. The van der Waals surface area contributed by atoms with Crippen molar-refractivity contribution in [1.82, 2.24) is 24.8 Å². The molecule has 3 aromatic rings. The van der Waals surface area contributed by atoms with Gasteiger partial charge in [0, 0.05) is 62.4 Å². The minimum Gasteiger partial charge on any atom is -0.336 e. The van der Waals surface area contributed by atoms with Gasteiger partial charge in [0.25, 0.3) is 5.91 Å². The largest absolute Gasteiger partial charge is 0.417 e. The Morgan fingerprint density at radius 3 is 2.56 bits per heavy atom. The lowest BCUT2D eigenvalue weighted by Gasteiger charge is -2.28. The Labute approximate surface area is 208 Å². The van der Waals surface area contributed by atoms with Crippen molar-refractivity contribution in [1.29, 1.82) is 0 Å². The first kappa shape index (κ1) is 25.5. The molecule has 0 spiro atoms. The van der Waals surface area contributed by atoms with E-state index in [-0.39, 0.29) is 11.1 Å². The molecule has 1 amide bonds. The Bertz CT molecular complexity index is 1260. The summed E-state index contributed by atoms with van der Waals surface area (Å²) in [6.45, 7) is 7.01. The van der Waals surface area contributed by atoms with Gasteiger partial charge in [-0.15, -0.1) is 0 Å². The number of imidazole rings is 1. The summed E-state index contributed by atoms with van der Waals surface area (Å²) in [4.78, 5) is 22.8. The molecular formula is C27H28F3N5O. The van der Waals surface area contributed by atoms with Gasteiger partial charge in [0.15, 0.2) is 5.82 Å². The van der Waals surface area contributed by atoms with Crippen LogP contribution in [0.5, 0.6) is 0 Å². The number of nitrogens with one attached hydrogen (secondary N) is 1. The van der Waals surface area contributed by atoms with Gasteiger partial charge in [-0.05, 0) is 42.5 Å². The molecule has 0 aliphatic carbocycles. The number of pyridine rings is 1. The van der Waals surface area contributed by atoms with Gasteiger partial charge in [0.1, 0.15) is 0 Å². The first-order valence-electron chi connectivity index (χ1n) is 11.9. The maximum absolute atomic E-state index is 13.9. The van der Waals surface area contributed by atoms with Crippen LogP contribution in [0.25, 0.3) is 11.3 Å². The van der Waals surface area contributed by atoms with Crippen molar-refractivity contribution >= 4 is 5.91 Å². The molecule has 1 aliphatic heterocycles. The average Bonchev–Trinajstić information content (AvgIpc) is 3.33. The number of rotatable bonds is 5. The highest BCUT2D eigenvalue weighted by Gasteiger charge is 2.37. The van der Waals surface area contributed by atoms with Gasteiger partial charge in [-0.1, -0.05) is 25.8 Å². The summed E-state index contributed by atoms with van der Waals surface area (Å²) in [6, 6.07) is 7.08. The number of carbonyl (C=O) groups excluding carboxylic acids is 1. The summed E-state index contributed by atoms with van der Waals surface area (Å²) in [7, 11) is 0. The maximum atomic E-state index is 13.9. The van der Waals surface area contributed by atoms with E-state index < -0.39 is 17.6 Å². The molecule has 1 fully saturated rings. The summed E-state index contributed by atoms with van der Waals surface area (Å²) < 4.78 is 43.6. The molecule has 4 rings (SSSR count). The second-order valence-corrected chi connectivity index (χ2v) is 9.11. The number of amides is 1. The van der Waals surface area contributed by atoms with Crippen molar-refractivity contribution < 1.29 is 18.0 Å². The van der Waals surface area contributed by atoms with Crippen LogP contribution in [-0.4, -0.2) is 51.5 Å². The van der Waals surface area contributed by atoms with E-state index in [0.29, 0.717) is 49.2 Å². The highest BCUT2D eigenvalue weighted by Crippen LogP contribution is 2.35. The van der Waals surface area contributed by atoms with Crippen molar-refractivity contribution in [3.05, 3.63) is 71.4 Å². The molecule has 0 bridgehead atoms. The summed E-state index contributed by atoms with van der Waals surface area (Å²) in [6.07, 6.45) is 1.47. The Hall–Kier alpha value is -3.64. The van der Waals surface area contributed by atoms with Crippen LogP contribution >= 0.6 is 0 Å². The zero-order valence-electron chi connectivity index (χ0n) is 20.3. The van der Waals surface area contributed by atoms with Crippen molar-refractivity contribution in [2.75, 3.05) is 26.2 Å². The van der Waals surface area contributed by atoms with Crippen molar-refractivity contribution in [2.24, 2.45) is 5.92 Å². The standard InChI is InChI=1S/C27H28F3N5O/c1-19(2)9-13-34-16-12-32-25(34)8-4-20-3-7-24(33-18-20)21-5-6-22(23(17-21)27(28,29)30)26(36)35-14-10-31-11-15-35/h3,5-7,12,16-19,31H,9-11,13-15H2,1-2H3. The summed E-state index contributed by atoms with van der Waals surface area (Å²) >= 11 is 0. The fourth-order valence-corrected chi connectivity index (χ4v) is 3.94.